The minimum atomic E-state index is 0.756. The molecule has 0 saturated carbocycles. The first-order valence-corrected chi connectivity index (χ1v) is 6.21. The van der Waals surface area contributed by atoms with Crippen LogP contribution in [-0.4, -0.2) is 14.5 Å². The highest BCUT2D eigenvalue weighted by Crippen LogP contribution is 2.29. The highest BCUT2D eigenvalue weighted by Gasteiger charge is 2.09. The zero-order chi connectivity index (χ0) is 12.5. The molecular weight excluding hydrogens is 246 g/mol. The molecule has 18 heavy (non-hydrogen) atoms. The number of rotatable bonds is 2. The standard InChI is InChI=1S/C14H12ClN3/c1-2-18-13-4-3-12(15)5-10(13)6-14(18)11-7-16-9-17-8-11/h3-9H,2H2,1H3. The summed E-state index contributed by atoms with van der Waals surface area (Å²) in [7, 11) is 0. The van der Waals surface area contributed by atoms with E-state index < -0.39 is 0 Å². The maximum Gasteiger partial charge on any atom is 0.115 e. The molecule has 4 heteroatoms. The Hall–Kier alpha value is -1.87. The fourth-order valence-electron chi connectivity index (χ4n) is 2.25. The molecule has 0 aliphatic rings. The van der Waals surface area contributed by atoms with Crippen molar-refractivity contribution >= 4 is 22.5 Å². The van der Waals surface area contributed by atoms with Gasteiger partial charge < -0.3 is 4.57 Å². The highest BCUT2D eigenvalue weighted by atomic mass is 35.5. The molecule has 90 valence electrons. The van der Waals surface area contributed by atoms with E-state index in [1.54, 1.807) is 6.33 Å². The highest BCUT2D eigenvalue weighted by molar-refractivity contribution is 6.31. The zero-order valence-electron chi connectivity index (χ0n) is 9.97. The summed E-state index contributed by atoms with van der Waals surface area (Å²) in [5.41, 5.74) is 3.32. The van der Waals surface area contributed by atoms with Gasteiger partial charge in [0.15, 0.2) is 0 Å². The lowest BCUT2D eigenvalue weighted by atomic mass is 10.2. The number of hydrogen-bond donors (Lipinski definition) is 0. The monoisotopic (exact) mass is 257 g/mol. The first kappa shape index (κ1) is 11.2. The summed E-state index contributed by atoms with van der Waals surface area (Å²) in [5, 5.41) is 1.90. The van der Waals surface area contributed by atoms with Crippen molar-refractivity contribution in [3.05, 3.63) is 48.0 Å². The number of aromatic nitrogens is 3. The smallest absolute Gasteiger partial charge is 0.115 e. The van der Waals surface area contributed by atoms with E-state index in [9.17, 15) is 0 Å². The van der Waals surface area contributed by atoms with Gasteiger partial charge in [-0.3, -0.25) is 0 Å². The molecule has 0 fully saturated rings. The van der Waals surface area contributed by atoms with E-state index in [4.69, 9.17) is 11.6 Å². The maximum atomic E-state index is 6.04. The lowest BCUT2D eigenvalue weighted by Crippen LogP contribution is -1.96. The largest absolute Gasteiger partial charge is 0.341 e. The summed E-state index contributed by atoms with van der Waals surface area (Å²) in [6.07, 6.45) is 5.20. The third-order valence-corrected chi connectivity index (χ3v) is 3.27. The van der Waals surface area contributed by atoms with Crippen molar-refractivity contribution < 1.29 is 0 Å². The van der Waals surface area contributed by atoms with Gasteiger partial charge in [0.05, 0.1) is 5.69 Å². The molecule has 0 bridgehead atoms. The van der Waals surface area contributed by atoms with Crippen LogP contribution in [0, 0.1) is 0 Å². The van der Waals surface area contributed by atoms with Crippen LogP contribution in [-0.2, 0) is 6.54 Å². The average Bonchev–Trinajstić information content (AvgIpc) is 2.77. The van der Waals surface area contributed by atoms with Crippen LogP contribution < -0.4 is 0 Å². The fourth-order valence-corrected chi connectivity index (χ4v) is 2.43. The molecule has 0 unspecified atom stereocenters. The molecule has 2 aromatic heterocycles. The van der Waals surface area contributed by atoms with Crippen molar-refractivity contribution in [2.75, 3.05) is 0 Å². The lowest BCUT2D eigenvalue weighted by molar-refractivity contribution is 0.804. The third-order valence-electron chi connectivity index (χ3n) is 3.04. The van der Waals surface area contributed by atoms with Crippen molar-refractivity contribution in [3.63, 3.8) is 0 Å². The van der Waals surface area contributed by atoms with Crippen LogP contribution in [0.1, 0.15) is 6.92 Å². The molecule has 0 N–H and O–H groups in total. The fraction of sp³-hybridized carbons (Fsp3) is 0.143. The van der Waals surface area contributed by atoms with Crippen LogP contribution in [0.15, 0.2) is 43.0 Å². The molecule has 0 saturated heterocycles. The maximum absolute atomic E-state index is 6.04. The van der Waals surface area contributed by atoms with Crippen LogP contribution >= 0.6 is 11.6 Å². The molecule has 0 atom stereocenters. The summed E-state index contributed by atoms with van der Waals surface area (Å²) in [6, 6.07) is 8.08. The van der Waals surface area contributed by atoms with Gasteiger partial charge in [0, 0.05) is 40.4 Å². The minimum Gasteiger partial charge on any atom is -0.341 e. The second kappa shape index (κ2) is 4.42. The second-order valence-electron chi connectivity index (χ2n) is 4.10. The Kier molecular flexibility index (Phi) is 2.76. The minimum absolute atomic E-state index is 0.756. The third kappa shape index (κ3) is 1.77. The summed E-state index contributed by atoms with van der Waals surface area (Å²) in [4.78, 5) is 8.15. The molecule has 3 aromatic rings. The van der Waals surface area contributed by atoms with Gasteiger partial charge in [0.1, 0.15) is 6.33 Å². The van der Waals surface area contributed by atoms with E-state index in [2.05, 4.69) is 33.6 Å². The topological polar surface area (TPSA) is 30.7 Å². The van der Waals surface area contributed by atoms with Gasteiger partial charge in [0.25, 0.3) is 0 Å². The Labute approximate surface area is 110 Å². The first-order chi connectivity index (χ1) is 8.79. The van der Waals surface area contributed by atoms with Crippen LogP contribution in [0.2, 0.25) is 5.02 Å². The van der Waals surface area contributed by atoms with Crippen LogP contribution in [0.4, 0.5) is 0 Å². The van der Waals surface area contributed by atoms with E-state index in [1.807, 2.05) is 24.5 Å². The van der Waals surface area contributed by atoms with Crippen molar-refractivity contribution in [1.82, 2.24) is 14.5 Å². The van der Waals surface area contributed by atoms with Crippen LogP contribution in [0.25, 0.3) is 22.2 Å². The first-order valence-electron chi connectivity index (χ1n) is 5.84. The second-order valence-corrected chi connectivity index (χ2v) is 4.54. The van der Waals surface area contributed by atoms with Gasteiger partial charge in [-0.1, -0.05) is 11.6 Å². The van der Waals surface area contributed by atoms with E-state index >= 15 is 0 Å². The van der Waals surface area contributed by atoms with Gasteiger partial charge in [-0.2, -0.15) is 0 Å². The Balaban J connectivity index is 2.29. The predicted octanol–water partition coefficient (Wildman–Crippen LogP) is 3.77. The Morgan fingerprint density at radius 3 is 2.67 bits per heavy atom. The van der Waals surface area contributed by atoms with Crippen molar-refractivity contribution in [2.45, 2.75) is 13.5 Å². The van der Waals surface area contributed by atoms with Crippen molar-refractivity contribution in [3.8, 4) is 11.3 Å². The molecule has 3 rings (SSSR count). The van der Waals surface area contributed by atoms with Gasteiger partial charge in [-0.15, -0.1) is 0 Å². The van der Waals surface area contributed by atoms with E-state index in [1.165, 1.54) is 5.52 Å². The molecule has 0 radical (unpaired) electrons. The Morgan fingerprint density at radius 2 is 1.94 bits per heavy atom. The normalized spacial score (nSPS) is 11.0. The van der Waals surface area contributed by atoms with Gasteiger partial charge in [-0.05, 0) is 31.2 Å². The van der Waals surface area contributed by atoms with Crippen LogP contribution in [0.5, 0.6) is 0 Å². The van der Waals surface area contributed by atoms with Crippen LogP contribution in [0.3, 0.4) is 0 Å². The summed E-state index contributed by atoms with van der Waals surface area (Å²) in [5.74, 6) is 0. The Bertz CT molecular complexity index is 689. The van der Waals surface area contributed by atoms with Gasteiger partial charge >= 0.3 is 0 Å². The number of halogens is 1. The average molecular weight is 258 g/mol. The number of aryl methyl sites for hydroxylation is 1. The molecule has 0 aliphatic carbocycles. The molecule has 0 spiro atoms. The SMILES string of the molecule is CCn1c(-c2cncnc2)cc2cc(Cl)ccc21. The summed E-state index contributed by atoms with van der Waals surface area (Å²) in [6.45, 7) is 3.02. The zero-order valence-corrected chi connectivity index (χ0v) is 10.7. The van der Waals surface area contributed by atoms with E-state index in [0.717, 1.165) is 28.2 Å². The molecule has 2 heterocycles. The molecule has 0 aliphatic heterocycles. The number of fused-ring (bicyclic) bond motifs is 1. The Morgan fingerprint density at radius 1 is 1.17 bits per heavy atom. The molecular formula is C14H12ClN3. The summed E-state index contributed by atoms with van der Waals surface area (Å²) >= 11 is 6.04. The molecule has 0 amide bonds. The lowest BCUT2D eigenvalue weighted by Gasteiger charge is -2.07. The van der Waals surface area contributed by atoms with Gasteiger partial charge in [0.2, 0.25) is 0 Å². The molecule has 3 nitrogen and oxygen atoms in total. The van der Waals surface area contributed by atoms with E-state index in [0.29, 0.717) is 0 Å². The number of hydrogen-bond acceptors (Lipinski definition) is 2. The van der Waals surface area contributed by atoms with Crippen molar-refractivity contribution in [1.29, 1.82) is 0 Å². The number of benzene rings is 1. The van der Waals surface area contributed by atoms with E-state index in [-0.39, 0.29) is 0 Å². The number of nitrogens with zero attached hydrogens (tertiary/aromatic N) is 3. The summed E-state index contributed by atoms with van der Waals surface area (Å²) < 4.78 is 2.24. The van der Waals surface area contributed by atoms with Crippen molar-refractivity contribution in [2.24, 2.45) is 0 Å². The van der Waals surface area contributed by atoms with Gasteiger partial charge in [-0.25, -0.2) is 9.97 Å². The molecule has 1 aromatic carbocycles. The quantitative estimate of drug-likeness (QED) is 0.700. The predicted molar refractivity (Wildman–Crippen MR) is 73.6 cm³/mol.